The van der Waals surface area contributed by atoms with E-state index >= 15 is 4.39 Å². The molecule has 210 valence electrons. The Labute approximate surface area is 224 Å². The van der Waals surface area contributed by atoms with E-state index in [0.29, 0.717) is 6.42 Å². The van der Waals surface area contributed by atoms with Gasteiger partial charge >= 0.3 is 0 Å². The number of Topliss-reactive ketones (excluding diaryl/α,β-unsaturated/α-hetero) is 1. The van der Waals surface area contributed by atoms with Crippen LogP contribution in [-0.4, -0.2) is 93.2 Å². The maximum atomic E-state index is 15.4. The molecule has 0 bridgehead atoms. The van der Waals surface area contributed by atoms with Gasteiger partial charge in [0.05, 0.1) is 28.9 Å². The van der Waals surface area contributed by atoms with Crippen molar-refractivity contribution in [3.8, 4) is 5.75 Å². The number of amides is 2. The molecule has 11 nitrogen and oxygen atoms in total. The molecule has 2 amide bonds. The predicted octanol–water partition coefficient (Wildman–Crippen LogP) is 1.11. The van der Waals surface area contributed by atoms with Crippen LogP contribution >= 0.6 is 0 Å². The zero-order valence-corrected chi connectivity index (χ0v) is 22.0. The van der Waals surface area contributed by atoms with Crippen molar-refractivity contribution in [2.45, 2.75) is 49.8 Å². The highest BCUT2D eigenvalue weighted by atomic mass is 19.1. The zero-order valence-electron chi connectivity index (χ0n) is 22.0. The summed E-state index contributed by atoms with van der Waals surface area (Å²) in [5.74, 6) is -6.31. The average molecular weight is 545 g/mol. The fourth-order valence-electron chi connectivity index (χ4n) is 6.91. The Morgan fingerprint density at radius 2 is 1.95 bits per heavy atom. The molecular weight excluding hydrogens is 511 g/mol. The number of phenols is 1. The molecule has 12 heteroatoms. The highest BCUT2D eigenvalue weighted by molar-refractivity contribution is 6.15. The lowest BCUT2D eigenvalue weighted by molar-refractivity contribution is -0.120. The first-order valence-electron chi connectivity index (χ1n) is 12.9. The molecule has 1 aromatic rings. The van der Waals surface area contributed by atoms with Gasteiger partial charge in [0.1, 0.15) is 22.9 Å². The molecule has 1 fully saturated rings. The van der Waals surface area contributed by atoms with Gasteiger partial charge in [0.2, 0.25) is 11.8 Å². The normalized spacial score (nSPS) is 30.8. The molecule has 1 aromatic carbocycles. The van der Waals surface area contributed by atoms with Crippen LogP contribution in [0.1, 0.15) is 41.6 Å². The van der Waals surface area contributed by atoms with Crippen molar-refractivity contribution in [2.75, 3.05) is 33.0 Å². The number of allylic oxidation sites excluding steroid dienone is 1. The van der Waals surface area contributed by atoms with Crippen molar-refractivity contribution < 1.29 is 39.2 Å². The van der Waals surface area contributed by atoms with E-state index in [2.05, 4.69) is 5.32 Å². The number of aromatic hydroxyl groups is 1. The molecule has 1 saturated heterocycles. The summed E-state index contributed by atoms with van der Waals surface area (Å²) >= 11 is 0. The molecule has 1 heterocycles. The molecule has 4 aliphatic rings. The van der Waals surface area contributed by atoms with E-state index in [9.17, 15) is 34.8 Å². The summed E-state index contributed by atoms with van der Waals surface area (Å²) in [6.45, 7) is 0.721. The zero-order chi connectivity index (χ0) is 28.5. The van der Waals surface area contributed by atoms with Crippen molar-refractivity contribution >= 4 is 23.3 Å². The van der Waals surface area contributed by atoms with Gasteiger partial charge in [-0.3, -0.25) is 24.2 Å². The first kappa shape index (κ1) is 27.1. The van der Waals surface area contributed by atoms with Crippen LogP contribution in [0.4, 0.5) is 10.1 Å². The first-order chi connectivity index (χ1) is 18.3. The molecule has 0 spiro atoms. The number of ketones is 1. The van der Waals surface area contributed by atoms with E-state index in [1.807, 2.05) is 4.90 Å². The number of hydrogen-bond acceptors (Lipinski definition) is 9. The number of aliphatic hydroxyl groups is 3. The molecule has 0 aromatic heterocycles. The maximum Gasteiger partial charge on any atom is 0.248 e. The summed E-state index contributed by atoms with van der Waals surface area (Å²) in [6.07, 6.45) is 0.904. The van der Waals surface area contributed by atoms with Crippen LogP contribution in [0.15, 0.2) is 28.7 Å². The van der Waals surface area contributed by atoms with Gasteiger partial charge in [-0.25, -0.2) is 4.39 Å². The third-order valence-electron chi connectivity index (χ3n) is 8.85. The minimum Gasteiger partial charge on any atom is -0.510 e. The number of phenolic OH excluding ortho intramolecular Hbond substituents is 1. The summed E-state index contributed by atoms with van der Waals surface area (Å²) < 4.78 is 15.4. The molecular formula is C27H33FN4O7. The molecule has 0 saturated carbocycles. The second-order valence-corrected chi connectivity index (χ2v) is 11.3. The lowest BCUT2D eigenvalue weighted by Gasteiger charge is -2.51. The molecule has 5 rings (SSSR count). The molecule has 7 N–H and O–H groups in total. The van der Waals surface area contributed by atoms with Crippen LogP contribution < -0.4 is 11.1 Å². The van der Waals surface area contributed by atoms with Crippen molar-refractivity contribution in [2.24, 2.45) is 17.6 Å². The Morgan fingerprint density at radius 1 is 1.26 bits per heavy atom. The van der Waals surface area contributed by atoms with Crippen LogP contribution in [0.3, 0.4) is 0 Å². The number of primary amides is 1. The third kappa shape index (κ3) is 4.00. The number of rotatable bonds is 4. The number of anilines is 1. The quantitative estimate of drug-likeness (QED) is 0.303. The van der Waals surface area contributed by atoms with Gasteiger partial charge in [0, 0.05) is 29.5 Å². The number of likely N-dealkylation sites (tertiary alicyclic amines) is 1. The molecule has 0 radical (unpaired) electrons. The Balaban J connectivity index is 1.58. The van der Waals surface area contributed by atoms with Crippen molar-refractivity contribution in [3.63, 3.8) is 0 Å². The summed E-state index contributed by atoms with van der Waals surface area (Å²) in [6, 6.07) is -0.380. The minimum atomic E-state index is -2.11. The second kappa shape index (κ2) is 9.32. The highest BCUT2D eigenvalue weighted by Crippen LogP contribution is 2.54. The largest absolute Gasteiger partial charge is 0.510 e. The standard InChI is InChI=1S/C27H33FN4O7/c1-31(2)20-14-8-11-7-12-15(28)9-16(30-26(38)17-5-4-6-32(17)3)22(34)19(12)23(35)18(11)24(36)27(14,39)10-13(21(20)33)25(29)37/h9,11,14,17,20,33-34,36,39H,4-8,10H2,1-3H3,(H2,29,37)(H,30,38)/t11-,14-,17-,20?,27-/m0/s1. The summed E-state index contributed by atoms with van der Waals surface area (Å²) in [7, 11) is 5.04. The van der Waals surface area contributed by atoms with Crippen LogP contribution in [0.2, 0.25) is 0 Å². The number of hydrogen-bond donors (Lipinski definition) is 6. The van der Waals surface area contributed by atoms with E-state index in [-0.39, 0.29) is 41.0 Å². The Kier molecular flexibility index (Phi) is 6.47. The van der Waals surface area contributed by atoms with E-state index in [1.54, 1.807) is 26.0 Å². The first-order valence-corrected chi connectivity index (χ1v) is 12.9. The summed E-state index contributed by atoms with van der Waals surface area (Å²) in [4.78, 5) is 42.1. The molecule has 39 heavy (non-hydrogen) atoms. The van der Waals surface area contributed by atoms with Crippen LogP contribution in [0.25, 0.3) is 0 Å². The van der Waals surface area contributed by atoms with Gasteiger partial charge in [0.15, 0.2) is 11.5 Å². The number of carbonyl (C=O) groups is 3. The Hall–Kier alpha value is -3.48. The molecule has 3 aliphatic carbocycles. The maximum absolute atomic E-state index is 15.4. The topological polar surface area (TPSA) is 177 Å². The Bertz CT molecular complexity index is 1360. The molecule has 1 unspecified atom stereocenters. The van der Waals surface area contributed by atoms with Crippen molar-refractivity contribution in [1.29, 1.82) is 0 Å². The van der Waals surface area contributed by atoms with Gasteiger partial charge in [0.25, 0.3) is 0 Å². The van der Waals surface area contributed by atoms with Gasteiger partial charge in [-0.05, 0) is 59.3 Å². The third-order valence-corrected chi connectivity index (χ3v) is 8.85. The molecule has 1 aliphatic heterocycles. The fraction of sp³-hybridized carbons (Fsp3) is 0.519. The second-order valence-electron chi connectivity index (χ2n) is 11.3. The fourth-order valence-corrected chi connectivity index (χ4v) is 6.91. The number of benzene rings is 1. The number of fused-ring (bicyclic) bond motifs is 3. The average Bonchev–Trinajstić information content (AvgIpc) is 3.29. The van der Waals surface area contributed by atoms with Crippen molar-refractivity contribution in [3.05, 3.63) is 45.7 Å². The number of likely N-dealkylation sites (N-methyl/N-ethyl adjacent to an activating group) is 2. The smallest absolute Gasteiger partial charge is 0.248 e. The summed E-state index contributed by atoms with van der Waals surface area (Å²) in [5.41, 5.74) is 2.17. The SMILES string of the molecule is CN(C)C1C(O)=C(C(N)=O)C[C@@]2(O)C(O)=C3C(=O)c4c(O)c(NC(=O)[C@@H]5CCCN5C)cc(F)c4C[C@H]3C[C@@H]12. The monoisotopic (exact) mass is 544 g/mol. The highest BCUT2D eigenvalue weighted by Gasteiger charge is 2.58. The van der Waals surface area contributed by atoms with Gasteiger partial charge in [-0.1, -0.05) is 0 Å². The van der Waals surface area contributed by atoms with E-state index in [4.69, 9.17) is 5.73 Å². The van der Waals surface area contributed by atoms with Crippen molar-refractivity contribution in [1.82, 2.24) is 9.80 Å². The number of halogens is 1. The van der Waals surface area contributed by atoms with Crippen LogP contribution in [-0.2, 0) is 16.0 Å². The summed E-state index contributed by atoms with van der Waals surface area (Å²) in [5, 5.41) is 47.5. The number of carbonyl (C=O) groups excluding carboxylic acids is 3. The molecule has 5 atom stereocenters. The van der Waals surface area contributed by atoms with E-state index < -0.39 is 76.4 Å². The van der Waals surface area contributed by atoms with Gasteiger partial charge < -0.3 is 31.5 Å². The lowest BCUT2D eigenvalue weighted by Crippen LogP contribution is -2.59. The number of nitrogens with two attached hydrogens (primary N) is 1. The van der Waals surface area contributed by atoms with Crippen LogP contribution in [0.5, 0.6) is 5.75 Å². The van der Waals surface area contributed by atoms with Gasteiger partial charge in [-0.15, -0.1) is 0 Å². The number of aliphatic hydroxyl groups excluding tert-OH is 2. The van der Waals surface area contributed by atoms with E-state index in [0.717, 1.165) is 19.0 Å². The Morgan fingerprint density at radius 3 is 2.54 bits per heavy atom. The lowest BCUT2D eigenvalue weighted by atomic mass is 9.59. The predicted molar refractivity (Wildman–Crippen MR) is 138 cm³/mol. The van der Waals surface area contributed by atoms with E-state index in [1.165, 1.54) is 0 Å². The minimum absolute atomic E-state index is 0.0599. The number of nitrogens with zero attached hydrogens (tertiary/aromatic N) is 2. The number of nitrogens with one attached hydrogen (secondary N) is 1. The van der Waals surface area contributed by atoms with Gasteiger partial charge in [-0.2, -0.15) is 0 Å². The van der Waals surface area contributed by atoms with Crippen LogP contribution in [0, 0.1) is 17.7 Å².